The lowest BCUT2D eigenvalue weighted by atomic mass is 10.0. The van der Waals surface area contributed by atoms with Crippen LogP contribution in [-0.4, -0.2) is 18.1 Å². The van der Waals surface area contributed by atoms with Crippen molar-refractivity contribution in [2.45, 2.75) is 32.7 Å². The normalized spacial score (nSPS) is 12.3. The third-order valence-electron chi connectivity index (χ3n) is 3.07. The molecular formula is C16H22N2OS. The minimum atomic E-state index is 0.293. The highest BCUT2D eigenvalue weighted by Gasteiger charge is 2.13. The van der Waals surface area contributed by atoms with Crippen molar-refractivity contribution < 1.29 is 4.74 Å². The van der Waals surface area contributed by atoms with E-state index in [-0.39, 0.29) is 0 Å². The van der Waals surface area contributed by atoms with E-state index in [2.05, 4.69) is 40.8 Å². The van der Waals surface area contributed by atoms with Crippen molar-refractivity contribution in [1.29, 1.82) is 0 Å². The average Bonchev–Trinajstić information content (AvgIpc) is 2.97. The first-order valence-electron chi connectivity index (χ1n) is 7.17. The summed E-state index contributed by atoms with van der Waals surface area (Å²) in [5.74, 6) is 0.847. The fraction of sp³-hybridized carbons (Fsp3) is 0.438. The Balaban J connectivity index is 2.14. The number of aromatic nitrogens is 1. The summed E-state index contributed by atoms with van der Waals surface area (Å²) in [5.41, 5.74) is 1.19. The van der Waals surface area contributed by atoms with E-state index in [1.165, 1.54) is 10.4 Å². The molecule has 2 rings (SSSR count). The van der Waals surface area contributed by atoms with Crippen LogP contribution in [0.2, 0.25) is 0 Å². The van der Waals surface area contributed by atoms with Crippen LogP contribution in [0.5, 0.6) is 5.75 Å². The van der Waals surface area contributed by atoms with Gasteiger partial charge in [0, 0.05) is 23.5 Å². The Bertz CT molecular complexity index is 499. The van der Waals surface area contributed by atoms with Crippen molar-refractivity contribution in [2.24, 2.45) is 0 Å². The maximum atomic E-state index is 5.55. The highest BCUT2D eigenvalue weighted by Crippen LogP contribution is 2.23. The standard InChI is InChI=1S/C16H22N2OS/c1-3-7-18-16(10-15-6-5-8-20-15)13-9-14(19-4-2)12-17-11-13/h5-6,8-9,11-12,16,18H,3-4,7,10H2,1-2H3. The molecule has 0 saturated carbocycles. The molecule has 3 nitrogen and oxygen atoms in total. The average molecular weight is 290 g/mol. The summed E-state index contributed by atoms with van der Waals surface area (Å²) in [5, 5.41) is 5.73. The molecule has 0 radical (unpaired) electrons. The van der Waals surface area contributed by atoms with Gasteiger partial charge in [-0.2, -0.15) is 0 Å². The number of thiophene rings is 1. The third-order valence-corrected chi connectivity index (χ3v) is 3.97. The Morgan fingerprint density at radius 1 is 1.35 bits per heavy atom. The molecule has 4 heteroatoms. The highest BCUT2D eigenvalue weighted by atomic mass is 32.1. The van der Waals surface area contributed by atoms with Gasteiger partial charge < -0.3 is 10.1 Å². The minimum absolute atomic E-state index is 0.293. The van der Waals surface area contributed by atoms with Gasteiger partial charge in [-0.05, 0) is 43.0 Å². The molecule has 0 spiro atoms. The first kappa shape index (κ1) is 15.0. The van der Waals surface area contributed by atoms with Crippen LogP contribution in [0.15, 0.2) is 36.0 Å². The Morgan fingerprint density at radius 2 is 2.25 bits per heavy atom. The lowest BCUT2D eigenvalue weighted by Crippen LogP contribution is -2.24. The smallest absolute Gasteiger partial charge is 0.137 e. The van der Waals surface area contributed by atoms with E-state index in [0.717, 1.165) is 25.1 Å². The number of nitrogens with one attached hydrogen (secondary N) is 1. The van der Waals surface area contributed by atoms with Crippen molar-refractivity contribution >= 4 is 11.3 Å². The molecule has 2 heterocycles. The van der Waals surface area contributed by atoms with E-state index in [1.54, 1.807) is 17.5 Å². The van der Waals surface area contributed by atoms with Crippen LogP contribution >= 0.6 is 11.3 Å². The fourth-order valence-electron chi connectivity index (χ4n) is 2.13. The summed E-state index contributed by atoms with van der Waals surface area (Å²) >= 11 is 1.80. The molecule has 0 aliphatic heterocycles. The predicted octanol–water partition coefficient (Wildman–Crippen LogP) is 3.83. The molecule has 1 atom stereocenters. The molecule has 2 aromatic heterocycles. The lowest BCUT2D eigenvalue weighted by molar-refractivity contribution is 0.337. The number of hydrogen-bond donors (Lipinski definition) is 1. The fourth-order valence-corrected chi connectivity index (χ4v) is 2.88. The number of rotatable bonds is 8. The summed E-state index contributed by atoms with van der Waals surface area (Å²) in [6, 6.07) is 6.68. The van der Waals surface area contributed by atoms with E-state index in [9.17, 15) is 0 Å². The van der Waals surface area contributed by atoms with Crippen molar-refractivity contribution in [1.82, 2.24) is 10.3 Å². The van der Waals surface area contributed by atoms with E-state index in [1.807, 2.05) is 13.1 Å². The first-order valence-corrected chi connectivity index (χ1v) is 8.05. The molecule has 0 aromatic carbocycles. The SMILES string of the molecule is CCCNC(Cc1cccs1)c1cncc(OCC)c1. The maximum absolute atomic E-state index is 5.55. The second-order valence-electron chi connectivity index (χ2n) is 4.68. The van der Waals surface area contributed by atoms with Gasteiger partial charge in [0.25, 0.3) is 0 Å². The third kappa shape index (κ3) is 4.32. The van der Waals surface area contributed by atoms with E-state index >= 15 is 0 Å². The summed E-state index contributed by atoms with van der Waals surface area (Å²) < 4.78 is 5.55. The van der Waals surface area contributed by atoms with Crippen LogP contribution in [0, 0.1) is 0 Å². The topological polar surface area (TPSA) is 34.2 Å². The Labute approximate surface area is 125 Å². The van der Waals surface area contributed by atoms with Crippen LogP contribution in [0.3, 0.4) is 0 Å². The maximum Gasteiger partial charge on any atom is 0.137 e. The van der Waals surface area contributed by atoms with Crippen molar-refractivity contribution in [3.63, 3.8) is 0 Å². The largest absolute Gasteiger partial charge is 0.492 e. The molecule has 0 amide bonds. The molecule has 0 saturated heterocycles. The second-order valence-corrected chi connectivity index (χ2v) is 5.71. The summed E-state index contributed by atoms with van der Waals surface area (Å²) in [7, 11) is 0. The van der Waals surface area contributed by atoms with Gasteiger partial charge in [0.05, 0.1) is 12.8 Å². The van der Waals surface area contributed by atoms with Crippen LogP contribution < -0.4 is 10.1 Å². The Kier molecular flexibility index (Phi) is 6.02. The van der Waals surface area contributed by atoms with Crippen LogP contribution in [0.4, 0.5) is 0 Å². The number of pyridine rings is 1. The summed E-state index contributed by atoms with van der Waals surface area (Å²) in [4.78, 5) is 5.69. The van der Waals surface area contributed by atoms with Crippen molar-refractivity contribution in [3.05, 3.63) is 46.4 Å². The van der Waals surface area contributed by atoms with E-state index < -0.39 is 0 Å². The molecule has 0 aliphatic carbocycles. The van der Waals surface area contributed by atoms with Crippen LogP contribution in [-0.2, 0) is 6.42 Å². The highest BCUT2D eigenvalue weighted by molar-refractivity contribution is 7.09. The van der Waals surface area contributed by atoms with Crippen LogP contribution in [0.1, 0.15) is 36.8 Å². The number of hydrogen-bond acceptors (Lipinski definition) is 4. The predicted molar refractivity (Wildman–Crippen MR) is 84.5 cm³/mol. The van der Waals surface area contributed by atoms with Gasteiger partial charge in [0.1, 0.15) is 5.75 Å². The quantitative estimate of drug-likeness (QED) is 0.802. The van der Waals surface area contributed by atoms with Gasteiger partial charge in [-0.25, -0.2) is 0 Å². The molecular weight excluding hydrogens is 268 g/mol. The van der Waals surface area contributed by atoms with Gasteiger partial charge >= 0.3 is 0 Å². The molecule has 108 valence electrons. The monoisotopic (exact) mass is 290 g/mol. The van der Waals surface area contributed by atoms with Gasteiger partial charge in [0.2, 0.25) is 0 Å². The van der Waals surface area contributed by atoms with E-state index in [4.69, 9.17) is 4.74 Å². The lowest BCUT2D eigenvalue weighted by Gasteiger charge is -2.18. The Hall–Kier alpha value is -1.39. The zero-order chi connectivity index (χ0) is 14.2. The Morgan fingerprint density at radius 3 is 2.95 bits per heavy atom. The van der Waals surface area contributed by atoms with Gasteiger partial charge in [0.15, 0.2) is 0 Å². The number of ether oxygens (including phenoxy) is 1. The summed E-state index contributed by atoms with van der Waals surface area (Å²) in [6.45, 7) is 5.85. The minimum Gasteiger partial charge on any atom is -0.492 e. The zero-order valence-electron chi connectivity index (χ0n) is 12.1. The number of nitrogens with zero attached hydrogens (tertiary/aromatic N) is 1. The van der Waals surface area contributed by atoms with Gasteiger partial charge in [-0.1, -0.05) is 13.0 Å². The van der Waals surface area contributed by atoms with E-state index in [0.29, 0.717) is 12.6 Å². The van der Waals surface area contributed by atoms with Gasteiger partial charge in [-0.15, -0.1) is 11.3 Å². The van der Waals surface area contributed by atoms with Crippen molar-refractivity contribution in [2.75, 3.05) is 13.2 Å². The van der Waals surface area contributed by atoms with Gasteiger partial charge in [-0.3, -0.25) is 4.98 Å². The molecule has 1 N–H and O–H groups in total. The molecule has 0 bridgehead atoms. The molecule has 0 fully saturated rings. The van der Waals surface area contributed by atoms with Crippen LogP contribution in [0.25, 0.3) is 0 Å². The first-order chi connectivity index (χ1) is 9.83. The second kappa shape index (κ2) is 8.02. The molecule has 1 unspecified atom stereocenters. The zero-order valence-corrected chi connectivity index (χ0v) is 13.0. The molecule has 2 aromatic rings. The molecule has 20 heavy (non-hydrogen) atoms. The summed E-state index contributed by atoms with van der Waals surface area (Å²) in [6.07, 6.45) is 5.83. The molecule has 0 aliphatic rings. The van der Waals surface area contributed by atoms with Crippen molar-refractivity contribution in [3.8, 4) is 5.75 Å².